The zero-order valence-electron chi connectivity index (χ0n) is 20.6. The van der Waals surface area contributed by atoms with E-state index in [-0.39, 0.29) is 24.4 Å². The van der Waals surface area contributed by atoms with Crippen LogP contribution >= 0.6 is 0 Å². The molecular formula is C26H34FN5O2S. The Balaban J connectivity index is 1.40. The molecule has 0 amide bonds. The number of halogens is 1. The Hall–Kier alpha value is -2.52. The molecule has 3 N–H and O–H groups in total. The van der Waals surface area contributed by atoms with Crippen LogP contribution in [0.5, 0.6) is 0 Å². The minimum Gasteiger partial charge on any atom is -0.394 e. The number of hydrogen-bond acceptors (Lipinski definition) is 6. The Kier molecular flexibility index (Phi) is 6.81. The minimum atomic E-state index is -1.12. The SMILES string of the molecule is CCc1[nH]c2ccc(F)cc2c1C1CCN(c2nc3c(c(NC(CO)C(C)C)n2)[S@](=O)CC3)CC1. The fourth-order valence-electron chi connectivity index (χ4n) is 5.38. The summed E-state index contributed by atoms with van der Waals surface area (Å²) in [7, 11) is -1.12. The van der Waals surface area contributed by atoms with Gasteiger partial charge >= 0.3 is 0 Å². The van der Waals surface area contributed by atoms with Crippen molar-refractivity contribution in [1.82, 2.24) is 15.0 Å². The van der Waals surface area contributed by atoms with Gasteiger partial charge in [0.1, 0.15) is 16.5 Å². The normalized spacial score (nSPS) is 19.5. The first-order valence-electron chi connectivity index (χ1n) is 12.6. The molecule has 3 aromatic rings. The van der Waals surface area contributed by atoms with Crippen molar-refractivity contribution in [3.63, 3.8) is 0 Å². The lowest BCUT2D eigenvalue weighted by Gasteiger charge is -2.33. The van der Waals surface area contributed by atoms with E-state index in [4.69, 9.17) is 9.97 Å². The average Bonchev–Trinajstić information content (AvgIpc) is 3.42. The second-order valence-corrected chi connectivity index (χ2v) is 11.5. The standard InChI is InChI=1S/C26H34FN5O2S/c1-4-19-23(18-13-17(27)5-6-20(18)28-19)16-7-10-32(11-8-16)26-30-21-9-12-35(34)24(21)25(31-26)29-22(14-33)15(2)3/h5-6,13,15-16,22,28,33H,4,7-12,14H2,1-3H3,(H,29,30,31)/t22?,35-/m1/s1. The Labute approximate surface area is 208 Å². The number of anilines is 2. The molecule has 9 heteroatoms. The third-order valence-electron chi connectivity index (χ3n) is 7.42. The third-order valence-corrected chi connectivity index (χ3v) is 8.88. The molecule has 2 aliphatic heterocycles. The Morgan fingerprint density at radius 1 is 1.29 bits per heavy atom. The molecule has 0 aliphatic carbocycles. The number of aromatic nitrogens is 3. The number of hydrogen-bond donors (Lipinski definition) is 3. The van der Waals surface area contributed by atoms with Crippen LogP contribution < -0.4 is 10.2 Å². The van der Waals surface area contributed by atoms with Crippen molar-refractivity contribution in [3.05, 3.63) is 41.0 Å². The Bertz CT molecular complexity index is 1250. The Morgan fingerprint density at radius 3 is 2.74 bits per heavy atom. The van der Waals surface area contributed by atoms with E-state index in [1.807, 2.05) is 19.9 Å². The molecule has 2 aromatic heterocycles. The van der Waals surface area contributed by atoms with Crippen LogP contribution in [-0.2, 0) is 23.6 Å². The van der Waals surface area contributed by atoms with Crippen LogP contribution in [0.2, 0.25) is 0 Å². The van der Waals surface area contributed by atoms with Crippen molar-refractivity contribution < 1.29 is 13.7 Å². The van der Waals surface area contributed by atoms with Crippen LogP contribution in [0, 0.1) is 11.7 Å². The van der Waals surface area contributed by atoms with Gasteiger partial charge < -0.3 is 20.3 Å². The molecule has 5 rings (SSSR count). The second-order valence-electron chi connectivity index (χ2n) is 9.95. The summed E-state index contributed by atoms with van der Waals surface area (Å²) in [5.41, 5.74) is 4.28. The van der Waals surface area contributed by atoms with Gasteiger partial charge in [-0.25, -0.2) is 9.37 Å². The Morgan fingerprint density at radius 2 is 2.06 bits per heavy atom. The van der Waals surface area contributed by atoms with Gasteiger partial charge in [-0.05, 0) is 54.9 Å². The monoisotopic (exact) mass is 499 g/mol. The smallest absolute Gasteiger partial charge is 0.227 e. The molecule has 7 nitrogen and oxygen atoms in total. The molecule has 1 unspecified atom stereocenters. The van der Waals surface area contributed by atoms with Crippen LogP contribution in [0.4, 0.5) is 16.2 Å². The van der Waals surface area contributed by atoms with E-state index in [1.54, 1.807) is 6.07 Å². The van der Waals surface area contributed by atoms with Gasteiger partial charge in [-0.2, -0.15) is 4.98 Å². The van der Waals surface area contributed by atoms with Crippen LogP contribution in [0.15, 0.2) is 23.1 Å². The van der Waals surface area contributed by atoms with Gasteiger partial charge in [0, 0.05) is 41.9 Å². The minimum absolute atomic E-state index is 0.0191. The molecule has 0 spiro atoms. The number of benzene rings is 1. The first-order chi connectivity index (χ1) is 16.9. The van der Waals surface area contributed by atoms with Gasteiger partial charge in [-0.1, -0.05) is 20.8 Å². The van der Waals surface area contributed by atoms with Gasteiger partial charge in [0.05, 0.1) is 29.1 Å². The fourth-order valence-corrected chi connectivity index (χ4v) is 6.69. The average molecular weight is 500 g/mol. The van der Waals surface area contributed by atoms with E-state index in [2.05, 4.69) is 22.1 Å². The molecule has 188 valence electrons. The van der Waals surface area contributed by atoms with Gasteiger partial charge in [-0.3, -0.25) is 4.21 Å². The highest BCUT2D eigenvalue weighted by Gasteiger charge is 2.31. The number of rotatable bonds is 7. The number of aliphatic hydroxyl groups excluding tert-OH is 1. The fraction of sp³-hybridized carbons (Fsp3) is 0.538. The second kappa shape index (κ2) is 9.85. The third kappa shape index (κ3) is 4.56. The van der Waals surface area contributed by atoms with Gasteiger partial charge in [0.25, 0.3) is 0 Å². The summed E-state index contributed by atoms with van der Waals surface area (Å²) in [6.07, 6.45) is 3.41. The van der Waals surface area contributed by atoms with Crippen LogP contribution in [0.3, 0.4) is 0 Å². The number of fused-ring (bicyclic) bond motifs is 2. The lowest BCUT2D eigenvalue weighted by Crippen LogP contribution is -2.35. The van der Waals surface area contributed by atoms with Crippen molar-refractivity contribution in [2.24, 2.45) is 5.92 Å². The first-order valence-corrected chi connectivity index (χ1v) is 13.9. The van der Waals surface area contributed by atoms with Gasteiger partial charge in [0.2, 0.25) is 5.95 Å². The lowest BCUT2D eigenvalue weighted by atomic mass is 9.87. The first kappa shape index (κ1) is 24.2. The molecule has 2 atom stereocenters. The highest BCUT2D eigenvalue weighted by atomic mass is 32.2. The van der Waals surface area contributed by atoms with Crippen molar-refractivity contribution >= 4 is 33.5 Å². The van der Waals surface area contributed by atoms with Crippen molar-refractivity contribution in [3.8, 4) is 0 Å². The molecule has 0 bridgehead atoms. The maximum Gasteiger partial charge on any atom is 0.227 e. The molecule has 4 heterocycles. The maximum atomic E-state index is 14.0. The number of piperidine rings is 1. The number of H-pyrrole nitrogens is 1. The number of nitrogens with one attached hydrogen (secondary N) is 2. The predicted octanol–water partition coefficient (Wildman–Crippen LogP) is 4.14. The molecule has 2 aliphatic rings. The van der Waals surface area contributed by atoms with Crippen LogP contribution in [-0.4, -0.2) is 55.8 Å². The molecule has 1 aromatic carbocycles. The zero-order valence-corrected chi connectivity index (χ0v) is 21.4. The van der Waals surface area contributed by atoms with Crippen LogP contribution in [0.1, 0.15) is 56.5 Å². The number of aromatic amines is 1. The molecule has 1 saturated heterocycles. The van der Waals surface area contributed by atoms with Crippen LogP contribution in [0.25, 0.3) is 10.9 Å². The summed E-state index contributed by atoms with van der Waals surface area (Å²) in [5, 5.41) is 14.2. The quantitative estimate of drug-likeness (QED) is 0.453. The predicted molar refractivity (Wildman–Crippen MR) is 138 cm³/mol. The number of nitrogens with zero attached hydrogens (tertiary/aromatic N) is 3. The van der Waals surface area contributed by atoms with Gasteiger partial charge in [0.15, 0.2) is 0 Å². The summed E-state index contributed by atoms with van der Waals surface area (Å²) in [6, 6.07) is 4.83. The topological polar surface area (TPSA) is 94.1 Å². The van der Waals surface area contributed by atoms with E-state index < -0.39 is 10.8 Å². The van der Waals surface area contributed by atoms with E-state index in [9.17, 15) is 13.7 Å². The summed E-state index contributed by atoms with van der Waals surface area (Å²) in [6.45, 7) is 7.79. The molecule has 1 fully saturated rings. The maximum absolute atomic E-state index is 14.0. The van der Waals surface area contributed by atoms with E-state index in [1.165, 1.54) is 17.3 Å². The highest BCUT2D eigenvalue weighted by Crippen LogP contribution is 2.38. The molecule has 0 saturated carbocycles. The summed E-state index contributed by atoms with van der Waals surface area (Å²) in [5.74, 6) is 2.15. The summed E-state index contributed by atoms with van der Waals surface area (Å²) in [4.78, 5) is 16.0. The summed E-state index contributed by atoms with van der Waals surface area (Å²) >= 11 is 0. The van der Waals surface area contributed by atoms with Gasteiger partial charge in [-0.15, -0.1) is 0 Å². The van der Waals surface area contributed by atoms with Crippen molar-refractivity contribution in [2.75, 3.05) is 35.7 Å². The molecular weight excluding hydrogens is 465 g/mol. The number of aliphatic hydroxyl groups is 1. The van der Waals surface area contributed by atoms with Crippen molar-refractivity contribution in [1.29, 1.82) is 0 Å². The van der Waals surface area contributed by atoms with E-state index in [0.717, 1.165) is 48.9 Å². The molecule has 0 radical (unpaired) electrons. The number of aryl methyl sites for hydroxylation is 2. The van der Waals surface area contributed by atoms with Crippen molar-refractivity contribution in [2.45, 2.75) is 63.3 Å². The lowest BCUT2D eigenvalue weighted by molar-refractivity contribution is 0.249. The van der Waals surface area contributed by atoms with E-state index in [0.29, 0.717) is 34.8 Å². The zero-order chi connectivity index (χ0) is 24.7. The molecule has 35 heavy (non-hydrogen) atoms. The highest BCUT2D eigenvalue weighted by molar-refractivity contribution is 7.85. The largest absolute Gasteiger partial charge is 0.394 e. The summed E-state index contributed by atoms with van der Waals surface area (Å²) < 4.78 is 26.7. The van der Waals surface area contributed by atoms with E-state index >= 15 is 0 Å².